The van der Waals surface area contributed by atoms with E-state index in [1.165, 1.54) is 28.6 Å². The van der Waals surface area contributed by atoms with E-state index < -0.39 is 21.9 Å². The second-order valence-corrected chi connectivity index (χ2v) is 8.77. The van der Waals surface area contributed by atoms with Crippen LogP contribution in [0, 0.1) is 17.1 Å². The van der Waals surface area contributed by atoms with Gasteiger partial charge in [0.25, 0.3) is 0 Å². The van der Waals surface area contributed by atoms with Gasteiger partial charge in [-0.2, -0.15) is 9.57 Å². The number of ether oxygens (including phenoxy) is 1. The largest absolute Gasteiger partial charge is 0.488 e. The van der Waals surface area contributed by atoms with Gasteiger partial charge in [0.2, 0.25) is 10.0 Å². The summed E-state index contributed by atoms with van der Waals surface area (Å²) in [6.45, 7) is 1.95. The molecule has 2 aromatic carbocycles. The summed E-state index contributed by atoms with van der Waals surface area (Å²) in [4.78, 5) is 1.05. The number of para-hydroxylation sites is 1. The van der Waals surface area contributed by atoms with Crippen molar-refractivity contribution in [2.75, 3.05) is 39.3 Å². The van der Waals surface area contributed by atoms with Crippen molar-refractivity contribution in [3.63, 3.8) is 0 Å². The van der Waals surface area contributed by atoms with Gasteiger partial charge in [-0.25, -0.2) is 12.8 Å². The number of sulfonamides is 1. The third-order valence-electron chi connectivity index (χ3n) is 4.85. The number of aliphatic hydroxyl groups excluding tert-OH is 1. The van der Waals surface area contributed by atoms with E-state index in [0.717, 1.165) is 4.90 Å². The summed E-state index contributed by atoms with van der Waals surface area (Å²) in [5, 5.41) is 19.4. The number of hydrogen-bond donors (Lipinski definition) is 2. The third-order valence-corrected chi connectivity index (χ3v) is 6.80. The zero-order chi connectivity index (χ0) is 20.9. The van der Waals surface area contributed by atoms with E-state index in [1.807, 2.05) is 6.07 Å². The highest BCUT2D eigenvalue weighted by Crippen LogP contribution is 2.19. The molecule has 0 spiro atoms. The Morgan fingerprint density at radius 1 is 1.17 bits per heavy atom. The molecule has 2 aromatic rings. The van der Waals surface area contributed by atoms with Gasteiger partial charge in [-0.3, -0.25) is 0 Å². The van der Waals surface area contributed by atoms with Crippen LogP contribution in [0.4, 0.5) is 4.39 Å². The number of nitriles is 1. The van der Waals surface area contributed by atoms with Crippen LogP contribution in [0.3, 0.4) is 0 Å². The molecule has 1 saturated heterocycles. The van der Waals surface area contributed by atoms with E-state index in [4.69, 9.17) is 4.74 Å². The van der Waals surface area contributed by atoms with Crippen LogP contribution in [0.15, 0.2) is 53.4 Å². The molecule has 1 aliphatic heterocycles. The van der Waals surface area contributed by atoms with Crippen LogP contribution < -0.4 is 9.64 Å². The van der Waals surface area contributed by atoms with Gasteiger partial charge in [-0.15, -0.1) is 0 Å². The minimum absolute atomic E-state index is 0.0178. The Hall–Kier alpha value is -2.51. The summed E-state index contributed by atoms with van der Waals surface area (Å²) in [6.07, 6.45) is -0.799. The molecule has 0 aliphatic carbocycles. The molecule has 1 heterocycles. The van der Waals surface area contributed by atoms with Crippen LogP contribution in [0.2, 0.25) is 0 Å². The van der Waals surface area contributed by atoms with Crippen molar-refractivity contribution in [3.8, 4) is 11.8 Å². The summed E-state index contributed by atoms with van der Waals surface area (Å²) in [5.41, 5.74) is 0.128. The van der Waals surface area contributed by atoms with E-state index in [-0.39, 0.29) is 22.8 Å². The van der Waals surface area contributed by atoms with E-state index in [2.05, 4.69) is 0 Å². The molecule has 0 amide bonds. The standard InChI is InChI=1S/C20H22FN3O4S/c21-18-6-2-3-7-19(18)28-15-17(25)14-23-9-11-24(12-10-23)29(26,27)20-8-4-1-5-16(20)13-22/h1-8,17,25H,9-12,14-15H2/p+1/t17-/m0/s1. The third kappa shape index (κ3) is 5.10. The monoisotopic (exact) mass is 420 g/mol. The number of hydrogen-bond acceptors (Lipinski definition) is 5. The normalized spacial score (nSPS) is 16.9. The molecule has 0 unspecified atom stereocenters. The van der Waals surface area contributed by atoms with Crippen molar-refractivity contribution in [1.82, 2.24) is 4.31 Å². The van der Waals surface area contributed by atoms with E-state index in [0.29, 0.717) is 32.7 Å². The van der Waals surface area contributed by atoms with Crippen LogP contribution in [0.5, 0.6) is 5.75 Å². The molecule has 1 atom stereocenters. The summed E-state index contributed by atoms with van der Waals surface area (Å²) >= 11 is 0. The lowest BCUT2D eigenvalue weighted by molar-refractivity contribution is -0.906. The van der Waals surface area contributed by atoms with Crippen molar-refractivity contribution < 1.29 is 27.6 Å². The molecule has 0 radical (unpaired) electrons. The molecule has 7 nitrogen and oxygen atoms in total. The van der Waals surface area contributed by atoms with Crippen LogP contribution >= 0.6 is 0 Å². The Balaban J connectivity index is 1.52. The molecule has 0 aromatic heterocycles. The molecule has 9 heteroatoms. The maximum absolute atomic E-state index is 13.6. The van der Waals surface area contributed by atoms with Crippen molar-refractivity contribution >= 4 is 10.0 Å². The Bertz CT molecular complexity index is 985. The fraction of sp³-hybridized carbons (Fsp3) is 0.350. The average Bonchev–Trinajstić information content (AvgIpc) is 2.73. The van der Waals surface area contributed by atoms with Crippen LogP contribution in [-0.4, -0.2) is 63.3 Å². The lowest BCUT2D eigenvalue weighted by Crippen LogP contribution is -3.15. The Labute approximate surface area is 169 Å². The van der Waals surface area contributed by atoms with Gasteiger partial charge < -0.3 is 14.7 Å². The predicted octanol–water partition coefficient (Wildman–Crippen LogP) is 0.0265. The van der Waals surface area contributed by atoms with Gasteiger partial charge in [-0.1, -0.05) is 24.3 Å². The summed E-state index contributed by atoms with van der Waals surface area (Å²) in [7, 11) is -3.74. The number of nitrogens with zero attached hydrogens (tertiary/aromatic N) is 2. The van der Waals surface area contributed by atoms with Gasteiger partial charge in [0, 0.05) is 0 Å². The van der Waals surface area contributed by atoms with E-state index in [9.17, 15) is 23.2 Å². The van der Waals surface area contributed by atoms with Crippen molar-refractivity contribution in [1.29, 1.82) is 5.26 Å². The lowest BCUT2D eigenvalue weighted by Gasteiger charge is -2.32. The first-order chi connectivity index (χ1) is 13.9. The molecule has 0 saturated carbocycles. The fourth-order valence-corrected chi connectivity index (χ4v) is 4.89. The molecular weight excluding hydrogens is 397 g/mol. The number of nitrogens with one attached hydrogen (secondary N) is 1. The van der Waals surface area contributed by atoms with Gasteiger partial charge in [-0.05, 0) is 24.3 Å². The molecule has 0 bridgehead atoms. The molecule has 154 valence electrons. The molecule has 1 aliphatic rings. The zero-order valence-corrected chi connectivity index (χ0v) is 16.6. The molecule has 1 fully saturated rings. The highest BCUT2D eigenvalue weighted by atomic mass is 32.2. The molecule has 2 N–H and O–H groups in total. The highest BCUT2D eigenvalue weighted by Gasteiger charge is 2.32. The van der Waals surface area contributed by atoms with Crippen LogP contribution in [-0.2, 0) is 10.0 Å². The minimum atomic E-state index is -3.74. The SMILES string of the molecule is N#Cc1ccccc1S(=O)(=O)N1CC[NH+](C[C@H](O)COc2ccccc2F)CC1. The fourth-order valence-electron chi connectivity index (χ4n) is 3.31. The number of piperazine rings is 1. The Morgan fingerprint density at radius 2 is 1.83 bits per heavy atom. The highest BCUT2D eigenvalue weighted by molar-refractivity contribution is 7.89. The Morgan fingerprint density at radius 3 is 2.52 bits per heavy atom. The Kier molecular flexibility index (Phi) is 6.82. The summed E-state index contributed by atoms with van der Waals surface area (Å²) in [6, 6.07) is 14.1. The van der Waals surface area contributed by atoms with Gasteiger partial charge in [0.1, 0.15) is 25.3 Å². The number of rotatable bonds is 7. The van der Waals surface area contributed by atoms with Crippen LogP contribution in [0.1, 0.15) is 5.56 Å². The minimum Gasteiger partial charge on any atom is -0.488 e. The van der Waals surface area contributed by atoms with E-state index >= 15 is 0 Å². The maximum atomic E-state index is 13.6. The van der Waals surface area contributed by atoms with Crippen molar-refractivity contribution in [3.05, 3.63) is 59.9 Å². The average molecular weight is 420 g/mol. The van der Waals surface area contributed by atoms with Gasteiger partial charge >= 0.3 is 0 Å². The number of aliphatic hydroxyl groups is 1. The second-order valence-electron chi connectivity index (χ2n) is 6.86. The first-order valence-corrected chi connectivity index (χ1v) is 10.7. The van der Waals surface area contributed by atoms with E-state index in [1.54, 1.807) is 24.3 Å². The van der Waals surface area contributed by atoms with Crippen LogP contribution in [0.25, 0.3) is 0 Å². The molecular formula is C20H23FN3O4S+. The van der Waals surface area contributed by atoms with Crippen molar-refractivity contribution in [2.24, 2.45) is 0 Å². The number of halogens is 1. The zero-order valence-electron chi connectivity index (χ0n) is 15.8. The first-order valence-electron chi connectivity index (χ1n) is 9.30. The summed E-state index contributed by atoms with van der Waals surface area (Å²) in [5.74, 6) is -0.392. The predicted molar refractivity (Wildman–Crippen MR) is 103 cm³/mol. The summed E-state index contributed by atoms with van der Waals surface area (Å²) < 4.78 is 45.9. The molecule has 3 rings (SSSR count). The van der Waals surface area contributed by atoms with Gasteiger partial charge in [0.05, 0.1) is 36.6 Å². The number of quaternary nitrogens is 1. The smallest absolute Gasteiger partial charge is 0.244 e. The molecule has 29 heavy (non-hydrogen) atoms. The quantitative estimate of drug-likeness (QED) is 0.659. The lowest BCUT2D eigenvalue weighted by atomic mass is 10.2. The first kappa shape index (κ1) is 21.2. The van der Waals surface area contributed by atoms with Crippen molar-refractivity contribution in [2.45, 2.75) is 11.0 Å². The van der Waals surface area contributed by atoms with Gasteiger partial charge in [0.15, 0.2) is 11.6 Å². The topological polar surface area (TPSA) is 95.1 Å². The number of benzene rings is 2. The second kappa shape index (κ2) is 9.33. The maximum Gasteiger partial charge on any atom is 0.244 e.